The van der Waals surface area contributed by atoms with E-state index in [1.165, 1.54) is 0 Å². The monoisotopic (exact) mass is 394 g/mol. The van der Waals surface area contributed by atoms with Crippen LogP contribution in [0.15, 0.2) is 48.5 Å². The number of hydrogen-bond donors (Lipinski definition) is 0. The molecular weight excluding hydrogens is 364 g/mol. The van der Waals surface area contributed by atoms with Crippen LogP contribution in [0, 0.1) is 12.8 Å². The molecule has 2 unspecified atom stereocenters. The average Bonchev–Trinajstić information content (AvgIpc) is 3.20. The number of ether oxygens (including phenoxy) is 1. The molecule has 2 aromatic rings. The number of nitrogens with zero attached hydrogens (tertiary/aromatic N) is 2. The van der Waals surface area contributed by atoms with Gasteiger partial charge in [0.05, 0.1) is 13.0 Å². The van der Waals surface area contributed by atoms with Crippen LogP contribution in [-0.4, -0.2) is 54.9 Å². The molecule has 29 heavy (non-hydrogen) atoms. The van der Waals surface area contributed by atoms with Crippen LogP contribution < -0.4 is 4.74 Å². The molecule has 5 nitrogen and oxygen atoms in total. The van der Waals surface area contributed by atoms with Crippen LogP contribution in [-0.2, 0) is 4.79 Å². The second kappa shape index (κ2) is 9.12. The summed E-state index contributed by atoms with van der Waals surface area (Å²) in [6.45, 7) is 8.28. The van der Waals surface area contributed by atoms with Crippen molar-refractivity contribution >= 4 is 11.8 Å². The molecule has 0 bridgehead atoms. The summed E-state index contributed by atoms with van der Waals surface area (Å²) >= 11 is 0. The second-order valence-electron chi connectivity index (χ2n) is 7.58. The predicted molar refractivity (Wildman–Crippen MR) is 114 cm³/mol. The molecule has 2 aromatic carbocycles. The minimum absolute atomic E-state index is 0.0206. The van der Waals surface area contributed by atoms with Crippen molar-refractivity contribution < 1.29 is 14.3 Å². The summed E-state index contributed by atoms with van der Waals surface area (Å²) in [5.41, 5.74) is 2.82. The van der Waals surface area contributed by atoms with Crippen molar-refractivity contribution in [3.05, 3.63) is 65.2 Å². The Morgan fingerprint density at radius 1 is 1.07 bits per heavy atom. The van der Waals surface area contributed by atoms with Crippen molar-refractivity contribution in [3.8, 4) is 5.75 Å². The summed E-state index contributed by atoms with van der Waals surface area (Å²) in [5, 5.41) is 0. The van der Waals surface area contributed by atoms with Crippen molar-refractivity contribution in [1.82, 2.24) is 9.80 Å². The van der Waals surface area contributed by atoms with E-state index in [0.29, 0.717) is 31.7 Å². The van der Waals surface area contributed by atoms with E-state index >= 15 is 0 Å². The van der Waals surface area contributed by atoms with Gasteiger partial charge in [0.2, 0.25) is 5.91 Å². The fourth-order valence-electron chi connectivity index (χ4n) is 4.08. The van der Waals surface area contributed by atoms with Crippen LogP contribution in [0.1, 0.15) is 41.3 Å². The molecule has 0 spiro atoms. The van der Waals surface area contributed by atoms with Crippen LogP contribution in [0.2, 0.25) is 0 Å². The van der Waals surface area contributed by atoms with Crippen molar-refractivity contribution in [1.29, 1.82) is 0 Å². The molecule has 1 saturated heterocycles. The van der Waals surface area contributed by atoms with Gasteiger partial charge in [0.15, 0.2) is 0 Å². The van der Waals surface area contributed by atoms with E-state index in [-0.39, 0.29) is 23.7 Å². The largest absolute Gasteiger partial charge is 0.497 e. The lowest BCUT2D eigenvalue weighted by Crippen LogP contribution is -2.39. The predicted octanol–water partition coefficient (Wildman–Crippen LogP) is 3.73. The van der Waals surface area contributed by atoms with Gasteiger partial charge in [0, 0.05) is 37.7 Å². The highest BCUT2D eigenvalue weighted by atomic mass is 16.5. The molecule has 0 aliphatic carbocycles. The highest BCUT2D eigenvalue weighted by Gasteiger charge is 2.41. The van der Waals surface area contributed by atoms with Gasteiger partial charge >= 0.3 is 0 Å². The molecule has 2 atom stereocenters. The maximum absolute atomic E-state index is 13.3. The lowest BCUT2D eigenvalue weighted by atomic mass is 9.88. The molecule has 1 fully saturated rings. The van der Waals surface area contributed by atoms with E-state index in [4.69, 9.17) is 4.74 Å². The number of aryl methyl sites for hydroxylation is 1. The van der Waals surface area contributed by atoms with Gasteiger partial charge in [-0.15, -0.1) is 0 Å². The van der Waals surface area contributed by atoms with E-state index in [2.05, 4.69) is 0 Å². The minimum atomic E-state index is -0.253. The van der Waals surface area contributed by atoms with Crippen molar-refractivity contribution in [3.63, 3.8) is 0 Å². The van der Waals surface area contributed by atoms with Crippen LogP contribution in [0.25, 0.3) is 0 Å². The summed E-state index contributed by atoms with van der Waals surface area (Å²) in [4.78, 5) is 30.0. The SMILES string of the molecule is CCN(CC)C(=O)C1CN(C(=O)c2ccc(C)cc2)CC1c1cccc(OC)c1. The van der Waals surface area contributed by atoms with Gasteiger partial charge in [-0.3, -0.25) is 9.59 Å². The third-order valence-electron chi connectivity index (χ3n) is 5.82. The van der Waals surface area contributed by atoms with Gasteiger partial charge in [0.25, 0.3) is 5.91 Å². The zero-order valence-corrected chi connectivity index (χ0v) is 17.7. The molecule has 3 rings (SSSR count). The Labute approximate surface area is 173 Å². The number of carbonyl (C=O) groups excluding carboxylic acids is 2. The fourth-order valence-corrected chi connectivity index (χ4v) is 4.08. The standard InChI is InChI=1S/C24H30N2O3/c1-5-25(6-2)24(28)22-16-26(23(27)18-12-10-17(3)11-13-18)15-21(22)19-8-7-9-20(14-19)29-4/h7-14,21-22H,5-6,15-16H2,1-4H3. The second-order valence-corrected chi connectivity index (χ2v) is 7.58. The molecule has 154 valence electrons. The highest BCUT2D eigenvalue weighted by Crippen LogP contribution is 2.36. The Morgan fingerprint density at radius 2 is 1.76 bits per heavy atom. The lowest BCUT2D eigenvalue weighted by Gasteiger charge is -2.26. The van der Waals surface area contributed by atoms with E-state index in [0.717, 1.165) is 16.9 Å². The lowest BCUT2D eigenvalue weighted by molar-refractivity contribution is -0.135. The van der Waals surface area contributed by atoms with Crippen LogP contribution in [0.5, 0.6) is 5.75 Å². The third-order valence-corrected chi connectivity index (χ3v) is 5.82. The van der Waals surface area contributed by atoms with Gasteiger partial charge in [-0.25, -0.2) is 0 Å². The number of rotatable bonds is 6. The molecule has 0 radical (unpaired) electrons. The summed E-state index contributed by atoms with van der Waals surface area (Å²) in [5.74, 6) is 0.554. The first-order valence-corrected chi connectivity index (χ1v) is 10.3. The molecule has 0 N–H and O–H groups in total. The first-order chi connectivity index (χ1) is 14.0. The first-order valence-electron chi connectivity index (χ1n) is 10.3. The Bertz CT molecular complexity index is 859. The molecule has 5 heteroatoms. The zero-order valence-electron chi connectivity index (χ0n) is 17.7. The molecule has 0 aromatic heterocycles. The van der Waals surface area contributed by atoms with Crippen molar-refractivity contribution in [2.75, 3.05) is 33.3 Å². The van der Waals surface area contributed by atoms with E-state index < -0.39 is 0 Å². The molecule has 2 amide bonds. The van der Waals surface area contributed by atoms with Gasteiger partial charge < -0.3 is 14.5 Å². The molecule has 1 aliphatic heterocycles. The van der Waals surface area contributed by atoms with Gasteiger partial charge in [-0.2, -0.15) is 0 Å². The summed E-state index contributed by atoms with van der Waals surface area (Å²) in [6, 6.07) is 15.5. The van der Waals surface area contributed by atoms with Gasteiger partial charge in [0.1, 0.15) is 5.75 Å². The quantitative estimate of drug-likeness (QED) is 0.750. The number of hydrogen-bond acceptors (Lipinski definition) is 3. The number of amides is 2. The molecule has 1 aliphatic rings. The Morgan fingerprint density at radius 3 is 2.38 bits per heavy atom. The Kier molecular flexibility index (Phi) is 6.57. The highest BCUT2D eigenvalue weighted by molar-refractivity contribution is 5.95. The number of carbonyl (C=O) groups is 2. The normalized spacial score (nSPS) is 18.6. The Balaban J connectivity index is 1.91. The summed E-state index contributed by atoms with van der Waals surface area (Å²) < 4.78 is 5.38. The molecule has 0 saturated carbocycles. The topological polar surface area (TPSA) is 49.9 Å². The van der Waals surface area contributed by atoms with Crippen LogP contribution >= 0.6 is 0 Å². The number of likely N-dealkylation sites (tertiary alicyclic amines) is 1. The molecular formula is C24H30N2O3. The van der Waals surface area contributed by atoms with Crippen molar-refractivity contribution in [2.45, 2.75) is 26.7 Å². The number of methoxy groups -OCH3 is 1. The van der Waals surface area contributed by atoms with Gasteiger partial charge in [-0.05, 0) is 50.6 Å². The maximum Gasteiger partial charge on any atom is 0.253 e. The smallest absolute Gasteiger partial charge is 0.253 e. The summed E-state index contributed by atoms with van der Waals surface area (Å²) in [6.07, 6.45) is 0. The molecule has 1 heterocycles. The van der Waals surface area contributed by atoms with Gasteiger partial charge in [-0.1, -0.05) is 29.8 Å². The maximum atomic E-state index is 13.3. The summed E-state index contributed by atoms with van der Waals surface area (Å²) in [7, 11) is 1.64. The zero-order chi connectivity index (χ0) is 21.0. The van der Waals surface area contributed by atoms with Crippen LogP contribution in [0.3, 0.4) is 0 Å². The fraction of sp³-hybridized carbons (Fsp3) is 0.417. The Hall–Kier alpha value is -2.82. The minimum Gasteiger partial charge on any atom is -0.497 e. The van der Waals surface area contributed by atoms with E-state index in [9.17, 15) is 9.59 Å². The van der Waals surface area contributed by atoms with Crippen LogP contribution in [0.4, 0.5) is 0 Å². The number of benzene rings is 2. The van der Waals surface area contributed by atoms with E-state index in [1.54, 1.807) is 7.11 Å². The third kappa shape index (κ3) is 4.44. The first kappa shape index (κ1) is 20.9. The van der Waals surface area contributed by atoms with E-state index in [1.807, 2.05) is 79.1 Å². The average molecular weight is 395 g/mol. The van der Waals surface area contributed by atoms with Crippen molar-refractivity contribution in [2.24, 2.45) is 5.92 Å².